The molecule has 8 heteroatoms. The number of hydrogen-bond acceptors (Lipinski definition) is 7. The van der Waals surface area contributed by atoms with Gasteiger partial charge in [0.2, 0.25) is 0 Å². The number of likely N-dealkylation sites (tertiary alicyclic amines) is 1. The lowest BCUT2D eigenvalue weighted by molar-refractivity contribution is -0.105. The number of fused-ring (bicyclic) bond motifs is 1. The fourth-order valence-corrected chi connectivity index (χ4v) is 5.02. The van der Waals surface area contributed by atoms with E-state index >= 15 is 0 Å². The van der Waals surface area contributed by atoms with Gasteiger partial charge in [0.1, 0.15) is 11.6 Å². The fourth-order valence-electron chi connectivity index (χ4n) is 5.02. The summed E-state index contributed by atoms with van der Waals surface area (Å²) < 4.78 is 1.60. The van der Waals surface area contributed by atoms with Gasteiger partial charge in [-0.15, -0.1) is 0 Å². The van der Waals surface area contributed by atoms with E-state index in [4.69, 9.17) is 5.73 Å². The second-order valence-corrected chi connectivity index (χ2v) is 9.69. The second-order valence-electron chi connectivity index (χ2n) is 9.69. The van der Waals surface area contributed by atoms with Gasteiger partial charge < -0.3 is 21.1 Å². The van der Waals surface area contributed by atoms with E-state index in [1.165, 1.54) is 0 Å². The molecule has 0 amide bonds. The predicted molar refractivity (Wildman–Crippen MR) is 149 cm³/mol. The summed E-state index contributed by atoms with van der Waals surface area (Å²) in [7, 11) is 0. The molecule has 2 unspecified atom stereocenters. The van der Waals surface area contributed by atoms with Gasteiger partial charge in [0.25, 0.3) is 0 Å². The van der Waals surface area contributed by atoms with Crippen molar-refractivity contribution in [3.8, 4) is 11.1 Å². The van der Waals surface area contributed by atoms with Crippen LogP contribution in [0.2, 0.25) is 0 Å². The number of aldehydes is 1. The molecular weight excluding hydrogens is 464 g/mol. The fraction of sp³-hybridized carbons (Fsp3) is 0.345. The van der Waals surface area contributed by atoms with Crippen molar-refractivity contribution >= 4 is 23.5 Å². The van der Waals surface area contributed by atoms with Crippen LogP contribution >= 0.6 is 0 Å². The number of aliphatic hydroxyl groups excluding tert-OH is 1. The van der Waals surface area contributed by atoms with Gasteiger partial charge in [-0.2, -0.15) is 5.10 Å². The lowest BCUT2D eigenvalue weighted by Gasteiger charge is -2.40. The lowest BCUT2D eigenvalue weighted by Crippen LogP contribution is -2.44. The Labute approximate surface area is 218 Å². The minimum absolute atomic E-state index is 0.212. The molecule has 8 nitrogen and oxygen atoms in total. The zero-order valence-electron chi connectivity index (χ0n) is 21.6. The molecular formula is C29H36N6O2. The van der Waals surface area contributed by atoms with Crippen LogP contribution in [0, 0.1) is 5.92 Å². The molecule has 4 heterocycles. The molecule has 2 atom stereocenters. The lowest BCUT2D eigenvalue weighted by atomic mass is 9.84. The summed E-state index contributed by atoms with van der Waals surface area (Å²) in [5.41, 5.74) is 11.3. The number of carbonyl (C=O) groups excluding carboxylic acids is 1. The van der Waals surface area contributed by atoms with Gasteiger partial charge in [0.05, 0.1) is 29.6 Å². The molecule has 2 aliphatic rings. The molecule has 194 valence electrons. The van der Waals surface area contributed by atoms with Crippen molar-refractivity contribution in [3.05, 3.63) is 79.0 Å². The molecule has 0 radical (unpaired) electrons. The summed E-state index contributed by atoms with van der Waals surface area (Å²) in [6, 6.07) is 3.72. The van der Waals surface area contributed by atoms with Crippen molar-refractivity contribution in [2.45, 2.75) is 45.3 Å². The smallest absolute Gasteiger partial charge is 0.151 e. The standard InChI is InChI=1S/C29H36N6O2/c1-5-6-7-8-19(2)26-10-9-23(16-31-26)24-17-32-35-28(30)25(18-36)27(33-29(24)35)22-11-13-34(14-12-22)20(3)15-21(4)37/h5-10,16-18,21-22,27,33,37H,2-3,11-15,30H2,1,4H3/b6-5-,8-7-. The van der Waals surface area contributed by atoms with Crippen LogP contribution < -0.4 is 11.1 Å². The third-order valence-electron chi connectivity index (χ3n) is 7.04. The van der Waals surface area contributed by atoms with Crippen molar-refractivity contribution < 1.29 is 9.90 Å². The summed E-state index contributed by atoms with van der Waals surface area (Å²) in [4.78, 5) is 18.9. The third-order valence-corrected chi connectivity index (χ3v) is 7.04. The third kappa shape index (κ3) is 5.59. The monoisotopic (exact) mass is 500 g/mol. The van der Waals surface area contributed by atoms with Crippen LogP contribution in [0.1, 0.15) is 38.8 Å². The van der Waals surface area contributed by atoms with Crippen LogP contribution in [-0.4, -0.2) is 56.3 Å². The average Bonchev–Trinajstić information content (AvgIpc) is 3.33. The number of aromatic nitrogens is 3. The number of pyridine rings is 1. The quantitative estimate of drug-likeness (QED) is 0.350. The molecule has 37 heavy (non-hydrogen) atoms. The Kier molecular flexibility index (Phi) is 8.08. The molecule has 1 fully saturated rings. The van der Waals surface area contributed by atoms with Gasteiger partial charge in [0, 0.05) is 42.5 Å². The minimum atomic E-state index is -0.412. The van der Waals surface area contributed by atoms with Gasteiger partial charge in [-0.3, -0.25) is 9.78 Å². The minimum Gasteiger partial charge on any atom is -0.393 e. The number of rotatable bonds is 9. The van der Waals surface area contributed by atoms with Gasteiger partial charge in [-0.1, -0.05) is 43.5 Å². The topological polar surface area (TPSA) is 109 Å². The average molecular weight is 501 g/mol. The van der Waals surface area contributed by atoms with E-state index in [9.17, 15) is 9.90 Å². The van der Waals surface area contributed by atoms with Crippen LogP contribution in [0.15, 0.2) is 73.3 Å². The van der Waals surface area contributed by atoms with Crippen LogP contribution in [0.25, 0.3) is 22.5 Å². The normalized spacial score (nSPS) is 19.2. The first-order valence-electron chi connectivity index (χ1n) is 12.7. The Hall–Kier alpha value is -3.91. The van der Waals surface area contributed by atoms with E-state index in [2.05, 4.69) is 33.5 Å². The summed E-state index contributed by atoms with van der Waals surface area (Å²) in [5, 5.41) is 17.8. The zero-order valence-corrected chi connectivity index (χ0v) is 21.6. The summed E-state index contributed by atoms with van der Waals surface area (Å²) in [5.74, 6) is 1.34. The molecule has 0 aliphatic carbocycles. The van der Waals surface area contributed by atoms with E-state index in [-0.39, 0.29) is 12.0 Å². The van der Waals surface area contributed by atoms with Crippen molar-refractivity contribution in [1.82, 2.24) is 19.7 Å². The number of carbonyl (C=O) groups is 1. The highest BCUT2D eigenvalue weighted by molar-refractivity contribution is 5.90. The molecule has 0 aromatic carbocycles. The van der Waals surface area contributed by atoms with Crippen LogP contribution in [0.4, 0.5) is 5.82 Å². The van der Waals surface area contributed by atoms with Crippen molar-refractivity contribution in [1.29, 1.82) is 0 Å². The Balaban J connectivity index is 1.54. The largest absolute Gasteiger partial charge is 0.393 e. The molecule has 0 spiro atoms. The summed E-state index contributed by atoms with van der Waals surface area (Å²) >= 11 is 0. The molecule has 0 bridgehead atoms. The Morgan fingerprint density at radius 2 is 2.03 bits per heavy atom. The Bertz CT molecular complexity index is 1240. The first kappa shape index (κ1) is 26.2. The van der Waals surface area contributed by atoms with Crippen LogP contribution in [0.5, 0.6) is 0 Å². The maximum Gasteiger partial charge on any atom is 0.151 e. The first-order valence-corrected chi connectivity index (χ1v) is 12.7. The van der Waals surface area contributed by atoms with E-state index in [1.807, 2.05) is 43.4 Å². The highest BCUT2D eigenvalue weighted by Crippen LogP contribution is 2.38. The van der Waals surface area contributed by atoms with Gasteiger partial charge in [-0.05, 0) is 44.2 Å². The van der Waals surface area contributed by atoms with E-state index in [0.717, 1.165) is 66.1 Å². The zero-order chi connectivity index (χ0) is 26.5. The SMILES string of the molecule is C=C(/C=C\C=C/C)c1ccc(-c2cnn3c2NC(C2CCN(C(=C)CC(C)O)CC2)C(C=O)=C3N)cn1. The van der Waals surface area contributed by atoms with Gasteiger partial charge in [-0.25, -0.2) is 4.68 Å². The Morgan fingerprint density at radius 1 is 1.27 bits per heavy atom. The summed E-state index contributed by atoms with van der Waals surface area (Å²) in [6.45, 7) is 13.6. The first-order chi connectivity index (χ1) is 17.8. The van der Waals surface area contributed by atoms with E-state index < -0.39 is 6.10 Å². The molecule has 2 aromatic heterocycles. The maximum absolute atomic E-state index is 12.1. The second kappa shape index (κ2) is 11.4. The number of nitrogens with zero attached hydrogens (tertiary/aromatic N) is 4. The number of hydrogen-bond donors (Lipinski definition) is 3. The maximum atomic E-state index is 12.1. The number of anilines is 1. The van der Waals surface area contributed by atoms with Crippen molar-refractivity contribution in [3.63, 3.8) is 0 Å². The molecule has 2 aliphatic heterocycles. The molecule has 2 aromatic rings. The van der Waals surface area contributed by atoms with Crippen molar-refractivity contribution in [2.24, 2.45) is 11.7 Å². The highest BCUT2D eigenvalue weighted by Gasteiger charge is 2.35. The van der Waals surface area contributed by atoms with Gasteiger partial charge in [0.15, 0.2) is 6.29 Å². The number of aliphatic hydroxyl groups is 1. The molecule has 1 saturated heterocycles. The van der Waals surface area contributed by atoms with E-state index in [1.54, 1.807) is 24.0 Å². The van der Waals surface area contributed by atoms with Crippen LogP contribution in [-0.2, 0) is 4.79 Å². The number of nitrogens with one attached hydrogen (secondary N) is 1. The van der Waals surface area contributed by atoms with E-state index in [0.29, 0.717) is 17.8 Å². The predicted octanol–water partition coefficient (Wildman–Crippen LogP) is 4.21. The highest BCUT2D eigenvalue weighted by atomic mass is 16.3. The van der Waals surface area contributed by atoms with Gasteiger partial charge >= 0.3 is 0 Å². The number of allylic oxidation sites excluding steroid dienone is 5. The molecule has 4 rings (SSSR count). The Morgan fingerprint density at radius 3 is 2.65 bits per heavy atom. The molecule has 4 N–H and O–H groups in total. The molecule has 0 saturated carbocycles. The van der Waals surface area contributed by atoms with Crippen LogP contribution in [0.3, 0.4) is 0 Å². The number of piperidine rings is 1. The summed E-state index contributed by atoms with van der Waals surface area (Å²) in [6.07, 6.45) is 14.1. The van der Waals surface area contributed by atoms with Crippen molar-refractivity contribution in [2.75, 3.05) is 18.4 Å². The number of nitrogens with two attached hydrogens (primary N) is 1.